The fourth-order valence-electron chi connectivity index (χ4n) is 1.95. The Kier molecular flexibility index (Phi) is 3.40. The van der Waals surface area contributed by atoms with Crippen molar-refractivity contribution in [3.8, 4) is 5.75 Å². The van der Waals surface area contributed by atoms with Crippen molar-refractivity contribution in [2.24, 2.45) is 0 Å². The van der Waals surface area contributed by atoms with Crippen molar-refractivity contribution in [3.63, 3.8) is 0 Å². The van der Waals surface area contributed by atoms with Crippen LogP contribution in [0.4, 0.5) is 11.4 Å². The van der Waals surface area contributed by atoms with E-state index in [0.717, 1.165) is 28.4 Å². The molecule has 1 aromatic rings. The monoisotopic (exact) mass is 253 g/mol. The van der Waals surface area contributed by atoms with Gasteiger partial charge >= 0.3 is 0 Å². The number of ether oxygens (including phenoxy) is 1. The average Bonchev–Trinajstić information content (AvgIpc) is 2.25. The number of hydrogen-bond acceptors (Lipinski definition) is 5. The zero-order valence-corrected chi connectivity index (χ0v) is 11.3. The molecule has 0 saturated carbocycles. The van der Waals surface area contributed by atoms with Gasteiger partial charge in [0.15, 0.2) is 5.75 Å². The zero-order chi connectivity index (χ0) is 12.6. The van der Waals surface area contributed by atoms with E-state index in [9.17, 15) is 0 Å². The van der Waals surface area contributed by atoms with Crippen LogP contribution < -0.4 is 16.2 Å². The first-order valence-electron chi connectivity index (χ1n) is 5.61. The Morgan fingerprint density at radius 1 is 1.47 bits per heavy atom. The number of nitrogens with zero attached hydrogens (tertiary/aromatic N) is 1. The van der Waals surface area contributed by atoms with E-state index in [1.165, 1.54) is 0 Å². The summed E-state index contributed by atoms with van der Waals surface area (Å²) in [6, 6.07) is 1.92. The highest BCUT2D eigenvalue weighted by atomic mass is 32.2. The Hall–Kier alpha value is -1.07. The summed E-state index contributed by atoms with van der Waals surface area (Å²) in [6.45, 7) is 3.60. The Morgan fingerprint density at radius 2 is 2.18 bits per heavy atom. The molecule has 0 amide bonds. The minimum Gasteiger partial charge on any atom is -0.489 e. The summed E-state index contributed by atoms with van der Waals surface area (Å²) in [5, 5.41) is 0.405. The van der Waals surface area contributed by atoms with Crippen LogP contribution in [-0.2, 0) is 0 Å². The molecule has 0 bridgehead atoms. The van der Waals surface area contributed by atoms with Crippen molar-refractivity contribution in [1.29, 1.82) is 0 Å². The van der Waals surface area contributed by atoms with Gasteiger partial charge in [-0.25, -0.2) is 0 Å². The van der Waals surface area contributed by atoms with Crippen LogP contribution in [0.25, 0.3) is 0 Å². The fourth-order valence-corrected chi connectivity index (χ4v) is 3.26. The maximum Gasteiger partial charge on any atom is 0.158 e. The van der Waals surface area contributed by atoms with E-state index >= 15 is 0 Å². The number of aryl methyl sites for hydroxylation is 1. The Labute approximate surface area is 106 Å². The highest BCUT2D eigenvalue weighted by Gasteiger charge is 2.25. The van der Waals surface area contributed by atoms with E-state index in [1.54, 1.807) is 11.8 Å². The predicted octanol–water partition coefficient (Wildman–Crippen LogP) is 1.57. The second-order valence-corrected chi connectivity index (χ2v) is 5.98. The molecule has 1 aliphatic heterocycles. The highest BCUT2D eigenvalue weighted by Crippen LogP contribution is 2.45. The van der Waals surface area contributed by atoms with Gasteiger partial charge in [0.2, 0.25) is 0 Å². The highest BCUT2D eigenvalue weighted by molar-refractivity contribution is 8.00. The van der Waals surface area contributed by atoms with E-state index in [0.29, 0.717) is 17.5 Å². The van der Waals surface area contributed by atoms with Crippen molar-refractivity contribution in [1.82, 2.24) is 4.90 Å². The quantitative estimate of drug-likeness (QED) is 0.783. The smallest absolute Gasteiger partial charge is 0.158 e. The molecule has 4 N–H and O–H groups in total. The lowest BCUT2D eigenvalue weighted by Crippen LogP contribution is -2.31. The number of rotatable bonds is 2. The van der Waals surface area contributed by atoms with Crippen molar-refractivity contribution >= 4 is 23.1 Å². The van der Waals surface area contributed by atoms with E-state index < -0.39 is 0 Å². The van der Waals surface area contributed by atoms with Gasteiger partial charge in [-0.05, 0) is 32.6 Å². The van der Waals surface area contributed by atoms with Crippen molar-refractivity contribution in [2.45, 2.75) is 17.1 Å². The summed E-state index contributed by atoms with van der Waals surface area (Å²) in [4.78, 5) is 3.14. The van der Waals surface area contributed by atoms with Crippen molar-refractivity contribution < 1.29 is 4.74 Å². The molecule has 0 fully saturated rings. The Bertz CT molecular complexity index is 434. The van der Waals surface area contributed by atoms with Gasteiger partial charge in [-0.3, -0.25) is 0 Å². The molecule has 1 heterocycles. The van der Waals surface area contributed by atoms with E-state index in [1.807, 2.05) is 13.0 Å². The summed E-state index contributed by atoms with van der Waals surface area (Å²) in [5.74, 6) is 0.766. The number of fused-ring (bicyclic) bond motifs is 1. The second kappa shape index (κ2) is 4.66. The summed E-state index contributed by atoms with van der Waals surface area (Å²) < 4.78 is 5.78. The number of nitrogen functional groups attached to an aromatic ring is 2. The van der Waals surface area contributed by atoms with Crippen LogP contribution in [0.3, 0.4) is 0 Å². The van der Waals surface area contributed by atoms with Crippen LogP contribution in [0, 0.1) is 6.92 Å². The zero-order valence-electron chi connectivity index (χ0n) is 10.5. The van der Waals surface area contributed by atoms with Crippen LogP contribution >= 0.6 is 11.8 Å². The topological polar surface area (TPSA) is 64.5 Å². The molecule has 5 heteroatoms. The van der Waals surface area contributed by atoms with Crippen LogP contribution in [0.5, 0.6) is 5.75 Å². The third-order valence-corrected chi connectivity index (χ3v) is 4.05. The first-order valence-corrected chi connectivity index (χ1v) is 6.49. The minimum absolute atomic E-state index is 0.405. The lowest BCUT2D eigenvalue weighted by molar-refractivity contribution is 0.277. The normalized spacial score (nSPS) is 18.9. The van der Waals surface area contributed by atoms with Gasteiger partial charge in [0, 0.05) is 12.2 Å². The first kappa shape index (κ1) is 12.4. The molecular weight excluding hydrogens is 234 g/mol. The van der Waals surface area contributed by atoms with Gasteiger partial charge in [-0.2, -0.15) is 0 Å². The van der Waals surface area contributed by atoms with Crippen LogP contribution in [0.1, 0.15) is 5.56 Å². The molecular formula is C12H19N3OS. The fraction of sp³-hybridized carbons (Fsp3) is 0.500. The first-order chi connectivity index (χ1) is 7.99. The van der Waals surface area contributed by atoms with E-state index in [2.05, 4.69) is 19.0 Å². The van der Waals surface area contributed by atoms with Crippen LogP contribution in [0.2, 0.25) is 0 Å². The Morgan fingerprint density at radius 3 is 2.82 bits per heavy atom. The van der Waals surface area contributed by atoms with E-state index in [4.69, 9.17) is 16.2 Å². The molecule has 1 aliphatic rings. The van der Waals surface area contributed by atoms with Crippen LogP contribution in [0.15, 0.2) is 11.0 Å². The molecule has 1 aromatic carbocycles. The van der Waals surface area contributed by atoms with Crippen molar-refractivity contribution in [3.05, 3.63) is 11.6 Å². The van der Waals surface area contributed by atoms with E-state index in [-0.39, 0.29) is 0 Å². The maximum absolute atomic E-state index is 6.03. The third-order valence-electron chi connectivity index (χ3n) is 2.78. The SMILES string of the molecule is Cc1cc(N)c2c(c1N)OCC(CN(C)C)S2. The lowest BCUT2D eigenvalue weighted by atomic mass is 10.1. The van der Waals surface area contributed by atoms with Gasteiger partial charge < -0.3 is 21.1 Å². The van der Waals surface area contributed by atoms with Gasteiger partial charge in [0.05, 0.1) is 15.8 Å². The largest absolute Gasteiger partial charge is 0.489 e. The number of benzene rings is 1. The minimum atomic E-state index is 0.405. The Balaban J connectivity index is 2.29. The summed E-state index contributed by atoms with van der Waals surface area (Å²) in [6.07, 6.45) is 0. The summed E-state index contributed by atoms with van der Waals surface area (Å²) in [7, 11) is 4.12. The molecule has 2 rings (SSSR count). The van der Waals surface area contributed by atoms with Crippen molar-refractivity contribution in [2.75, 3.05) is 38.7 Å². The number of anilines is 2. The lowest BCUT2D eigenvalue weighted by Gasteiger charge is -2.29. The summed E-state index contributed by atoms with van der Waals surface area (Å²) >= 11 is 1.76. The van der Waals surface area contributed by atoms with Crippen LogP contribution in [-0.4, -0.2) is 37.4 Å². The van der Waals surface area contributed by atoms with Gasteiger partial charge in [0.25, 0.3) is 0 Å². The number of nitrogens with two attached hydrogens (primary N) is 2. The van der Waals surface area contributed by atoms with Gasteiger partial charge in [-0.15, -0.1) is 11.8 Å². The molecule has 17 heavy (non-hydrogen) atoms. The molecule has 1 atom stereocenters. The third kappa shape index (κ3) is 2.45. The molecule has 1 unspecified atom stereocenters. The molecule has 94 valence electrons. The number of hydrogen-bond donors (Lipinski definition) is 2. The molecule has 4 nitrogen and oxygen atoms in total. The standard InChI is InChI=1S/C12H19N3OS/c1-7-4-9(13)12-11(10(7)14)16-6-8(17-12)5-15(2)3/h4,8H,5-6,13-14H2,1-3H3. The molecule has 0 aliphatic carbocycles. The van der Waals surface area contributed by atoms with Gasteiger partial charge in [0.1, 0.15) is 6.61 Å². The molecule has 0 spiro atoms. The molecule has 0 saturated heterocycles. The molecule has 0 aromatic heterocycles. The number of thioether (sulfide) groups is 1. The maximum atomic E-state index is 6.03. The second-order valence-electron chi connectivity index (χ2n) is 4.67. The average molecular weight is 253 g/mol. The van der Waals surface area contributed by atoms with Gasteiger partial charge in [-0.1, -0.05) is 0 Å². The predicted molar refractivity (Wildman–Crippen MR) is 73.7 cm³/mol. The summed E-state index contributed by atoms with van der Waals surface area (Å²) in [5.41, 5.74) is 14.5. The molecule has 0 radical (unpaired) electrons.